The van der Waals surface area contributed by atoms with Crippen LogP contribution in [0.5, 0.6) is 0 Å². The van der Waals surface area contributed by atoms with E-state index >= 15 is 0 Å². The molecule has 0 aromatic heterocycles. The summed E-state index contributed by atoms with van der Waals surface area (Å²) in [4.78, 5) is 7.13. The molecule has 2 fully saturated rings. The number of ether oxygens (including phenoxy) is 4. The minimum absolute atomic E-state index is 0. The van der Waals surface area contributed by atoms with E-state index in [2.05, 4.69) is 17.1 Å². The highest BCUT2D eigenvalue weighted by Gasteiger charge is 2.24. The zero-order valence-corrected chi connectivity index (χ0v) is 19.3. The highest BCUT2D eigenvalue weighted by molar-refractivity contribution is 14.0. The maximum absolute atomic E-state index is 5.76. The van der Waals surface area contributed by atoms with Gasteiger partial charge in [-0.15, -0.1) is 24.0 Å². The van der Waals surface area contributed by atoms with E-state index in [1.165, 1.54) is 0 Å². The molecule has 2 heterocycles. The topological polar surface area (TPSA) is 64.6 Å². The van der Waals surface area contributed by atoms with Crippen molar-refractivity contribution >= 4 is 29.9 Å². The molecule has 0 spiro atoms. The SMILES string of the molecule is CCNC(=NCCCOCC1CCOC1)N1CCC(COCCOC)C1.I. The minimum atomic E-state index is 0. The number of nitrogens with one attached hydrogen (secondary N) is 1. The van der Waals surface area contributed by atoms with Crippen LogP contribution in [0, 0.1) is 11.8 Å². The van der Waals surface area contributed by atoms with Crippen molar-refractivity contribution in [3.05, 3.63) is 0 Å². The molecular formula is C19H38IN3O4. The maximum atomic E-state index is 5.76. The Labute approximate surface area is 181 Å². The molecule has 2 unspecified atom stereocenters. The van der Waals surface area contributed by atoms with E-state index in [9.17, 15) is 0 Å². The first-order chi connectivity index (χ1) is 12.8. The van der Waals surface area contributed by atoms with Gasteiger partial charge in [-0.05, 0) is 26.2 Å². The number of methoxy groups -OCH3 is 1. The van der Waals surface area contributed by atoms with Gasteiger partial charge < -0.3 is 29.2 Å². The lowest BCUT2D eigenvalue weighted by molar-refractivity contribution is 0.0536. The van der Waals surface area contributed by atoms with Crippen LogP contribution < -0.4 is 5.32 Å². The van der Waals surface area contributed by atoms with Crippen LogP contribution in [-0.2, 0) is 18.9 Å². The molecule has 0 amide bonds. The van der Waals surface area contributed by atoms with Gasteiger partial charge in [0.2, 0.25) is 0 Å². The minimum Gasteiger partial charge on any atom is -0.382 e. The van der Waals surface area contributed by atoms with Crippen LogP contribution in [0.1, 0.15) is 26.2 Å². The summed E-state index contributed by atoms with van der Waals surface area (Å²) in [5.74, 6) is 2.19. The van der Waals surface area contributed by atoms with Gasteiger partial charge in [0, 0.05) is 58.3 Å². The summed E-state index contributed by atoms with van der Waals surface area (Å²) in [7, 11) is 1.70. The van der Waals surface area contributed by atoms with Gasteiger partial charge in [-0.3, -0.25) is 4.99 Å². The van der Waals surface area contributed by atoms with Gasteiger partial charge in [0.1, 0.15) is 0 Å². The summed E-state index contributed by atoms with van der Waals surface area (Å²) in [6.45, 7) is 11.3. The van der Waals surface area contributed by atoms with Crippen molar-refractivity contribution < 1.29 is 18.9 Å². The molecule has 0 aromatic rings. The zero-order valence-electron chi connectivity index (χ0n) is 17.0. The largest absolute Gasteiger partial charge is 0.382 e. The molecule has 2 aliphatic rings. The van der Waals surface area contributed by atoms with Gasteiger partial charge in [0.25, 0.3) is 0 Å². The molecule has 27 heavy (non-hydrogen) atoms. The number of hydrogen-bond donors (Lipinski definition) is 1. The van der Waals surface area contributed by atoms with Crippen LogP contribution in [-0.4, -0.2) is 90.4 Å². The molecule has 0 saturated carbocycles. The van der Waals surface area contributed by atoms with Gasteiger partial charge >= 0.3 is 0 Å². The molecule has 2 rings (SSSR count). The lowest BCUT2D eigenvalue weighted by Gasteiger charge is -2.21. The van der Waals surface area contributed by atoms with Crippen molar-refractivity contribution in [1.82, 2.24) is 10.2 Å². The number of hydrogen-bond acceptors (Lipinski definition) is 5. The summed E-state index contributed by atoms with van der Waals surface area (Å²) in [6.07, 6.45) is 3.25. The zero-order chi connectivity index (χ0) is 18.5. The summed E-state index contributed by atoms with van der Waals surface area (Å²) in [5.41, 5.74) is 0. The third kappa shape index (κ3) is 10.3. The van der Waals surface area contributed by atoms with Crippen molar-refractivity contribution in [3.63, 3.8) is 0 Å². The van der Waals surface area contributed by atoms with Crippen molar-refractivity contribution in [2.24, 2.45) is 16.8 Å². The molecule has 1 N–H and O–H groups in total. The molecule has 0 aromatic carbocycles. The number of aliphatic imine (C=N–C) groups is 1. The fraction of sp³-hybridized carbons (Fsp3) is 0.947. The summed E-state index contributed by atoms with van der Waals surface area (Å²) in [6, 6.07) is 0. The Morgan fingerprint density at radius 1 is 1.15 bits per heavy atom. The Morgan fingerprint density at radius 2 is 1.96 bits per heavy atom. The normalized spacial score (nSPS) is 22.9. The second kappa shape index (κ2) is 15.7. The number of likely N-dealkylation sites (tertiary alicyclic amines) is 1. The molecule has 8 heteroatoms. The van der Waals surface area contributed by atoms with Gasteiger partial charge in [0.05, 0.1) is 33.0 Å². The average molecular weight is 499 g/mol. The van der Waals surface area contributed by atoms with E-state index in [4.69, 9.17) is 23.9 Å². The molecule has 2 aliphatic heterocycles. The van der Waals surface area contributed by atoms with Crippen molar-refractivity contribution in [1.29, 1.82) is 0 Å². The van der Waals surface area contributed by atoms with E-state index in [0.717, 1.165) is 84.4 Å². The van der Waals surface area contributed by atoms with Crippen molar-refractivity contribution in [3.8, 4) is 0 Å². The Balaban J connectivity index is 0.00000364. The second-order valence-electron chi connectivity index (χ2n) is 7.06. The van der Waals surface area contributed by atoms with Gasteiger partial charge in [-0.2, -0.15) is 0 Å². The predicted octanol–water partition coefficient (Wildman–Crippen LogP) is 2.00. The predicted molar refractivity (Wildman–Crippen MR) is 118 cm³/mol. The smallest absolute Gasteiger partial charge is 0.193 e. The molecule has 2 saturated heterocycles. The van der Waals surface area contributed by atoms with Crippen LogP contribution in [0.15, 0.2) is 4.99 Å². The quantitative estimate of drug-likeness (QED) is 0.192. The molecule has 2 atom stereocenters. The van der Waals surface area contributed by atoms with Gasteiger partial charge in [0.15, 0.2) is 5.96 Å². The first-order valence-corrected chi connectivity index (χ1v) is 10.1. The van der Waals surface area contributed by atoms with E-state index in [1.54, 1.807) is 7.11 Å². The van der Waals surface area contributed by atoms with E-state index in [0.29, 0.717) is 25.0 Å². The number of nitrogens with zero attached hydrogens (tertiary/aromatic N) is 2. The molecule has 7 nitrogen and oxygen atoms in total. The van der Waals surface area contributed by atoms with Crippen LogP contribution in [0.3, 0.4) is 0 Å². The molecule has 160 valence electrons. The molecular weight excluding hydrogens is 461 g/mol. The van der Waals surface area contributed by atoms with E-state index < -0.39 is 0 Å². The van der Waals surface area contributed by atoms with Crippen LogP contribution >= 0.6 is 24.0 Å². The fourth-order valence-corrected chi connectivity index (χ4v) is 3.30. The Bertz CT molecular complexity index is 395. The van der Waals surface area contributed by atoms with Crippen molar-refractivity contribution in [2.75, 3.05) is 79.5 Å². The monoisotopic (exact) mass is 499 g/mol. The second-order valence-corrected chi connectivity index (χ2v) is 7.06. The Kier molecular flexibility index (Phi) is 14.5. The van der Waals surface area contributed by atoms with Crippen LogP contribution in [0.4, 0.5) is 0 Å². The highest BCUT2D eigenvalue weighted by Crippen LogP contribution is 2.17. The van der Waals surface area contributed by atoms with Gasteiger partial charge in [-0.25, -0.2) is 0 Å². The third-order valence-corrected chi connectivity index (χ3v) is 4.79. The van der Waals surface area contributed by atoms with Crippen LogP contribution in [0.2, 0.25) is 0 Å². The number of guanidine groups is 1. The lowest BCUT2D eigenvalue weighted by Crippen LogP contribution is -2.40. The van der Waals surface area contributed by atoms with Crippen LogP contribution in [0.25, 0.3) is 0 Å². The summed E-state index contributed by atoms with van der Waals surface area (Å²) >= 11 is 0. The molecule has 0 bridgehead atoms. The third-order valence-electron chi connectivity index (χ3n) is 4.79. The first-order valence-electron chi connectivity index (χ1n) is 10.1. The number of halogens is 1. The number of rotatable bonds is 12. The Hall–Kier alpha value is -0.160. The highest BCUT2D eigenvalue weighted by atomic mass is 127. The van der Waals surface area contributed by atoms with Crippen molar-refractivity contribution in [2.45, 2.75) is 26.2 Å². The van der Waals surface area contributed by atoms with E-state index in [1.807, 2.05) is 0 Å². The average Bonchev–Trinajstić information content (AvgIpc) is 3.32. The Morgan fingerprint density at radius 3 is 2.70 bits per heavy atom. The molecule has 0 aliphatic carbocycles. The fourth-order valence-electron chi connectivity index (χ4n) is 3.30. The molecule has 0 radical (unpaired) electrons. The van der Waals surface area contributed by atoms with Gasteiger partial charge in [-0.1, -0.05) is 0 Å². The van der Waals surface area contributed by atoms with E-state index in [-0.39, 0.29) is 24.0 Å². The summed E-state index contributed by atoms with van der Waals surface area (Å²) in [5, 5.41) is 3.41. The maximum Gasteiger partial charge on any atom is 0.193 e. The standard InChI is InChI=1S/C19H37N3O4.HI/c1-3-20-19(21-7-4-9-24-15-18-6-10-25-16-18)22-8-5-17(13-22)14-26-12-11-23-2;/h17-18H,3-16H2,1-2H3,(H,20,21);1H. The lowest BCUT2D eigenvalue weighted by atomic mass is 10.1. The summed E-state index contributed by atoms with van der Waals surface area (Å²) < 4.78 is 21.8. The first kappa shape index (κ1) is 24.9.